The molecular weight excluding hydrogens is 288 g/mol. The van der Waals surface area contributed by atoms with Gasteiger partial charge in [0.25, 0.3) is 0 Å². The Morgan fingerprint density at radius 3 is 2.67 bits per heavy atom. The molecule has 0 aliphatic heterocycles. The molecule has 120 valence electrons. The van der Waals surface area contributed by atoms with E-state index in [4.69, 9.17) is 0 Å². The van der Waals surface area contributed by atoms with Gasteiger partial charge in [0.2, 0.25) is 0 Å². The van der Waals surface area contributed by atoms with Crippen molar-refractivity contribution in [3.63, 3.8) is 0 Å². The van der Waals surface area contributed by atoms with Gasteiger partial charge in [0.05, 0.1) is 0 Å². The highest BCUT2D eigenvalue weighted by atomic mass is 14.4. The van der Waals surface area contributed by atoms with Crippen LogP contribution in [-0.4, -0.2) is 0 Å². The average Bonchev–Trinajstić information content (AvgIpc) is 3.27. The van der Waals surface area contributed by atoms with E-state index in [1.165, 1.54) is 33.4 Å². The molecule has 2 aliphatic rings. The molecule has 0 saturated carbocycles. The standard InChI is InChI=1S/C24H24/c1-3-4-16-24(2,19-11-6-7-12-19)23-15-9-14-21-20-13-8-5-10-18(20)17-22(21)23/h4-11,13-16H,3,12,17H2,1-2H3. The first-order chi connectivity index (χ1) is 11.7. The Labute approximate surface area is 145 Å². The number of benzene rings is 2. The summed E-state index contributed by atoms with van der Waals surface area (Å²) in [6, 6.07) is 15.7. The topological polar surface area (TPSA) is 0 Å². The Hall–Kier alpha value is -2.34. The van der Waals surface area contributed by atoms with Crippen molar-refractivity contribution in [1.82, 2.24) is 0 Å². The van der Waals surface area contributed by atoms with Crippen molar-refractivity contribution in [1.29, 1.82) is 0 Å². The molecule has 0 heterocycles. The largest absolute Gasteiger partial charge is 0.0876 e. The first kappa shape index (κ1) is 15.2. The summed E-state index contributed by atoms with van der Waals surface area (Å²) >= 11 is 0. The van der Waals surface area contributed by atoms with E-state index in [9.17, 15) is 0 Å². The zero-order chi connectivity index (χ0) is 16.6. The van der Waals surface area contributed by atoms with E-state index in [0.29, 0.717) is 0 Å². The minimum absolute atomic E-state index is 0.0209. The van der Waals surface area contributed by atoms with Gasteiger partial charge in [0, 0.05) is 5.41 Å². The fourth-order valence-corrected chi connectivity index (χ4v) is 4.20. The molecule has 0 amide bonds. The zero-order valence-corrected chi connectivity index (χ0v) is 14.5. The van der Waals surface area contributed by atoms with Crippen LogP contribution in [0.5, 0.6) is 0 Å². The molecule has 0 nitrogen and oxygen atoms in total. The normalized spacial score (nSPS) is 17.7. The van der Waals surface area contributed by atoms with Crippen LogP contribution in [0.25, 0.3) is 11.1 Å². The third kappa shape index (κ3) is 2.29. The molecule has 0 aromatic heterocycles. The molecule has 0 N–H and O–H groups in total. The molecule has 2 aromatic carbocycles. The van der Waals surface area contributed by atoms with Crippen molar-refractivity contribution >= 4 is 0 Å². The molecule has 2 aliphatic carbocycles. The summed E-state index contributed by atoms with van der Waals surface area (Å²) in [5.41, 5.74) is 8.75. The highest BCUT2D eigenvalue weighted by Crippen LogP contribution is 2.45. The van der Waals surface area contributed by atoms with Crippen LogP contribution in [-0.2, 0) is 11.8 Å². The van der Waals surface area contributed by atoms with Gasteiger partial charge in [-0.2, -0.15) is 0 Å². The van der Waals surface area contributed by atoms with Crippen LogP contribution in [0.2, 0.25) is 0 Å². The molecular formula is C24H24. The predicted octanol–water partition coefficient (Wildman–Crippen LogP) is 6.37. The Morgan fingerprint density at radius 2 is 1.88 bits per heavy atom. The fourth-order valence-electron chi connectivity index (χ4n) is 4.20. The van der Waals surface area contributed by atoms with E-state index >= 15 is 0 Å². The Morgan fingerprint density at radius 1 is 1.04 bits per heavy atom. The summed E-state index contributed by atoms with van der Waals surface area (Å²) in [4.78, 5) is 0. The lowest BCUT2D eigenvalue weighted by Crippen LogP contribution is -2.23. The molecule has 4 rings (SSSR count). The van der Waals surface area contributed by atoms with Gasteiger partial charge < -0.3 is 0 Å². The van der Waals surface area contributed by atoms with Gasteiger partial charge in [0.1, 0.15) is 0 Å². The predicted molar refractivity (Wildman–Crippen MR) is 103 cm³/mol. The number of fused-ring (bicyclic) bond motifs is 3. The third-order valence-corrected chi connectivity index (χ3v) is 5.54. The molecule has 0 radical (unpaired) electrons. The van der Waals surface area contributed by atoms with Crippen molar-refractivity contribution in [2.75, 3.05) is 0 Å². The second-order valence-electron chi connectivity index (χ2n) is 7.00. The first-order valence-corrected chi connectivity index (χ1v) is 8.98. The minimum Gasteiger partial charge on any atom is -0.0876 e. The molecule has 1 atom stereocenters. The summed E-state index contributed by atoms with van der Waals surface area (Å²) in [6.45, 7) is 4.60. The van der Waals surface area contributed by atoms with Gasteiger partial charge in [-0.25, -0.2) is 0 Å². The van der Waals surface area contributed by atoms with E-state index in [-0.39, 0.29) is 5.41 Å². The lowest BCUT2D eigenvalue weighted by Gasteiger charge is -2.31. The van der Waals surface area contributed by atoms with Crippen LogP contribution >= 0.6 is 0 Å². The molecule has 0 spiro atoms. The lowest BCUT2D eigenvalue weighted by atomic mass is 9.72. The first-order valence-electron chi connectivity index (χ1n) is 8.98. The number of allylic oxidation sites excluding steroid dienone is 6. The van der Waals surface area contributed by atoms with Crippen LogP contribution in [0.1, 0.15) is 43.4 Å². The number of hydrogen-bond acceptors (Lipinski definition) is 0. The van der Waals surface area contributed by atoms with Crippen molar-refractivity contribution in [2.45, 2.75) is 38.5 Å². The SMILES string of the molecule is CCC=CC(C)(C1=CC=CC1)c1cccc2c1Cc1ccccc1-2. The number of rotatable bonds is 4. The summed E-state index contributed by atoms with van der Waals surface area (Å²) in [5, 5.41) is 0. The van der Waals surface area contributed by atoms with Crippen molar-refractivity contribution in [2.24, 2.45) is 0 Å². The van der Waals surface area contributed by atoms with Gasteiger partial charge >= 0.3 is 0 Å². The molecule has 0 fully saturated rings. The van der Waals surface area contributed by atoms with E-state index in [2.05, 4.69) is 86.7 Å². The molecule has 2 aromatic rings. The summed E-state index contributed by atoms with van der Waals surface area (Å²) < 4.78 is 0. The summed E-state index contributed by atoms with van der Waals surface area (Å²) in [5.74, 6) is 0. The van der Waals surface area contributed by atoms with E-state index in [1.807, 2.05) is 0 Å². The zero-order valence-electron chi connectivity index (χ0n) is 14.5. The average molecular weight is 312 g/mol. The van der Waals surface area contributed by atoms with Crippen LogP contribution in [0.15, 0.2) is 78.4 Å². The van der Waals surface area contributed by atoms with Crippen LogP contribution in [0.3, 0.4) is 0 Å². The monoisotopic (exact) mass is 312 g/mol. The second-order valence-corrected chi connectivity index (χ2v) is 7.00. The molecule has 0 bridgehead atoms. The van der Waals surface area contributed by atoms with E-state index in [1.54, 1.807) is 0 Å². The summed E-state index contributed by atoms with van der Waals surface area (Å²) in [6.07, 6.45) is 14.7. The summed E-state index contributed by atoms with van der Waals surface area (Å²) in [7, 11) is 0. The molecule has 0 saturated heterocycles. The maximum atomic E-state index is 2.42. The lowest BCUT2D eigenvalue weighted by molar-refractivity contribution is 0.680. The van der Waals surface area contributed by atoms with E-state index in [0.717, 1.165) is 19.3 Å². The van der Waals surface area contributed by atoms with Gasteiger partial charge in [-0.3, -0.25) is 0 Å². The molecule has 0 heteroatoms. The fraction of sp³-hybridized carbons (Fsp3) is 0.250. The Bertz CT molecular complexity index is 863. The molecule has 1 unspecified atom stereocenters. The van der Waals surface area contributed by atoms with Gasteiger partial charge in [-0.15, -0.1) is 0 Å². The van der Waals surface area contributed by atoms with Crippen LogP contribution < -0.4 is 0 Å². The third-order valence-electron chi connectivity index (χ3n) is 5.54. The van der Waals surface area contributed by atoms with Crippen LogP contribution in [0.4, 0.5) is 0 Å². The molecule has 24 heavy (non-hydrogen) atoms. The smallest absolute Gasteiger partial charge is 0.0322 e. The van der Waals surface area contributed by atoms with Crippen molar-refractivity contribution in [3.05, 3.63) is 95.1 Å². The maximum Gasteiger partial charge on any atom is 0.0322 e. The Kier molecular flexibility index (Phi) is 3.76. The van der Waals surface area contributed by atoms with Gasteiger partial charge in [0.15, 0.2) is 0 Å². The van der Waals surface area contributed by atoms with Crippen molar-refractivity contribution in [3.8, 4) is 11.1 Å². The van der Waals surface area contributed by atoms with Gasteiger partial charge in [-0.05, 0) is 54.0 Å². The minimum atomic E-state index is -0.0209. The van der Waals surface area contributed by atoms with E-state index < -0.39 is 0 Å². The second kappa shape index (κ2) is 5.94. The highest BCUT2D eigenvalue weighted by molar-refractivity contribution is 5.79. The highest BCUT2D eigenvalue weighted by Gasteiger charge is 2.33. The quantitative estimate of drug-likeness (QED) is 0.491. The van der Waals surface area contributed by atoms with Gasteiger partial charge in [-0.1, -0.05) is 85.3 Å². The Balaban J connectivity index is 1.88. The number of hydrogen-bond donors (Lipinski definition) is 0. The van der Waals surface area contributed by atoms with Crippen LogP contribution in [0, 0.1) is 0 Å². The maximum absolute atomic E-state index is 2.42. The van der Waals surface area contributed by atoms with Crippen molar-refractivity contribution < 1.29 is 0 Å².